The van der Waals surface area contributed by atoms with Crippen molar-refractivity contribution in [1.82, 2.24) is 5.32 Å². The molecule has 14 heavy (non-hydrogen) atoms. The largest absolute Gasteiger partial charge is 0.309 e. The molecule has 2 unspecified atom stereocenters. The Morgan fingerprint density at radius 2 is 2.00 bits per heavy atom. The number of fused-ring (bicyclic) bond motifs is 1. The van der Waals surface area contributed by atoms with Gasteiger partial charge in [0.15, 0.2) is 0 Å². The molecule has 0 saturated heterocycles. The van der Waals surface area contributed by atoms with Gasteiger partial charge in [0.1, 0.15) is 0 Å². The third kappa shape index (κ3) is 1.57. The zero-order chi connectivity index (χ0) is 9.97. The fourth-order valence-corrected chi connectivity index (χ4v) is 2.59. The van der Waals surface area contributed by atoms with Crippen molar-refractivity contribution >= 4 is 0 Å². The highest BCUT2D eigenvalue weighted by atomic mass is 14.9. The number of hydrogen-bond donors (Lipinski definition) is 1. The lowest BCUT2D eigenvalue weighted by molar-refractivity contribution is 0.384. The number of nitrogens with one attached hydrogen (secondary N) is 1. The number of rotatable bonds is 2. The van der Waals surface area contributed by atoms with Crippen molar-refractivity contribution < 1.29 is 0 Å². The van der Waals surface area contributed by atoms with Gasteiger partial charge in [-0.25, -0.2) is 0 Å². The average molecular weight is 189 g/mol. The van der Waals surface area contributed by atoms with Gasteiger partial charge in [-0.15, -0.1) is 0 Å². The molecule has 0 aromatic heterocycles. The zero-order valence-electron chi connectivity index (χ0n) is 9.09. The van der Waals surface area contributed by atoms with Crippen molar-refractivity contribution in [2.75, 3.05) is 0 Å². The van der Waals surface area contributed by atoms with Gasteiger partial charge in [-0.3, -0.25) is 0 Å². The van der Waals surface area contributed by atoms with Gasteiger partial charge < -0.3 is 5.32 Å². The molecule has 1 heterocycles. The molecule has 0 amide bonds. The van der Waals surface area contributed by atoms with Crippen molar-refractivity contribution in [2.24, 2.45) is 0 Å². The van der Waals surface area contributed by atoms with Crippen LogP contribution >= 0.6 is 0 Å². The Balaban J connectivity index is 2.34. The van der Waals surface area contributed by atoms with E-state index in [9.17, 15) is 0 Å². The smallest absolute Gasteiger partial charge is 0.0211 e. The number of hydrogen-bond acceptors (Lipinski definition) is 1. The van der Waals surface area contributed by atoms with E-state index < -0.39 is 0 Å². The van der Waals surface area contributed by atoms with Crippen LogP contribution in [0.4, 0.5) is 0 Å². The summed E-state index contributed by atoms with van der Waals surface area (Å²) in [5, 5.41) is 3.63. The fourth-order valence-electron chi connectivity index (χ4n) is 2.59. The van der Waals surface area contributed by atoms with Gasteiger partial charge in [-0.05, 0) is 29.9 Å². The summed E-state index contributed by atoms with van der Waals surface area (Å²) in [7, 11) is 0. The molecule has 0 aliphatic carbocycles. The second-order valence-electron chi connectivity index (χ2n) is 4.11. The summed E-state index contributed by atoms with van der Waals surface area (Å²) in [5.41, 5.74) is 3.06. The van der Waals surface area contributed by atoms with E-state index in [1.165, 1.54) is 18.4 Å². The SMILES string of the molecule is CCC1NCc2ccccc2C1CC. The van der Waals surface area contributed by atoms with E-state index in [1.807, 2.05) is 0 Å². The van der Waals surface area contributed by atoms with Crippen molar-refractivity contribution in [3.63, 3.8) is 0 Å². The van der Waals surface area contributed by atoms with Gasteiger partial charge in [0.2, 0.25) is 0 Å². The molecule has 1 heteroatoms. The molecule has 1 N–H and O–H groups in total. The molecule has 0 radical (unpaired) electrons. The van der Waals surface area contributed by atoms with Crippen molar-refractivity contribution in [1.29, 1.82) is 0 Å². The van der Waals surface area contributed by atoms with Crippen LogP contribution in [0.25, 0.3) is 0 Å². The van der Waals surface area contributed by atoms with E-state index in [1.54, 1.807) is 5.56 Å². The Bertz CT molecular complexity index is 306. The Hall–Kier alpha value is -0.820. The van der Waals surface area contributed by atoms with Crippen LogP contribution in [0.5, 0.6) is 0 Å². The Kier molecular flexibility index (Phi) is 2.87. The minimum absolute atomic E-state index is 0.676. The highest BCUT2D eigenvalue weighted by Gasteiger charge is 2.25. The standard InChI is InChI=1S/C13H19N/c1-3-11-12-8-6-5-7-10(12)9-14-13(11)4-2/h5-8,11,13-14H,3-4,9H2,1-2H3. The van der Waals surface area contributed by atoms with Gasteiger partial charge in [0, 0.05) is 12.6 Å². The summed E-state index contributed by atoms with van der Waals surface area (Å²) in [6.45, 7) is 5.61. The zero-order valence-corrected chi connectivity index (χ0v) is 9.09. The predicted molar refractivity (Wildman–Crippen MR) is 60.4 cm³/mol. The maximum atomic E-state index is 3.63. The topological polar surface area (TPSA) is 12.0 Å². The van der Waals surface area contributed by atoms with Crippen LogP contribution in [0.2, 0.25) is 0 Å². The molecular formula is C13H19N. The summed E-state index contributed by atoms with van der Waals surface area (Å²) in [6, 6.07) is 9.53. The summed E-state index contributed by atoms with van der Waals surface area (Å²) >= 11 is 0. The van der Waals surface area contributed by atoms with E-state index in [0.717, 1.165) is 6.54 Å². The van der Waals surface area contributed by atoms with Crippen LogP contribution in [0.15, 0.2) is 24.3 Å². The van der Waals surface area contributed by atoms with E-state index in [4.69, 9.17) is 0 Å². The third-order valence-corrected chi connectivity index (χ3v) is 3.37. The first kappa shape index (κ1) is 9.72. The normalized spacial score (nSPS) is 25.9. The fraction of sp³-hybridized carbons (Fsp3) is 0.538. The van der Waals surface area contributed by atoms with Crippen LogP contribution in [-0.4, -0.2) is 6.04 Å². The monoisotopic (exact) mass is 189 g/mol. The molecule has 76 valence electrons. The Morgan fingerprint density at radius 3 is 2.71 bits per heavy atom. The molecule has 1 aliphatic rings. The lowest BCUT2D eigenvalue weighted by atomic mass is 9.82. The third-order valence-electron chi connectivity index (χ3n) is 3.37. The molecule has 0 fully saturated rings. The second kappa shape index (κ2) is 4.14. The van der Waals surface area contributed by atoms with Gasteiger partial charge in [-0.2, -0.15) is 0 Å². The van der Waals surface area contributed by atoms with E-state index in [2.05, 4.69) is 43.4 Å². The highest BCUT2D eigenvalue weighted by molar-refractivity contribution is 5.33. The molecule has 0 spiro atoms. The summed E-state index contributed by atoms with van der Waals surface area (Å²) in [6.07, 6.45) is 2.47. The van der Waals surface area contributed by atoms with Gasteiger partial charge in [-0.1, -0.05) is 38.1 Å². The van der Waals surface area contributed by atoms with Crippen LogP contribution in [0, 0.1) is 0 Å². The van der Waals surface area contributed by atoms with E-state index in [0.29, 0.717) is 12.0 Å². The first-order chi connectivity index (χ1) is 6.86. The van der Waals surface area contributed by atoms with Crippen LogP contribution < -0.4 is 5.32 Å². The number of benzene rings is 1. The van der Waals surface area contributed by atoms with Gasteiger partial charge >= 0.3 is 0 Å². The first-order valence-electron chi connectivity index (χ1n) is 5.68. The van der Waals surface area contributed by atoms with Crippen molar-refractivity contribution in [3.05, 3.63) is 35.4 Å². The molecule has 1 aromatic carbocycles. The lowest BCUT2D eigenvalue weighted by Crippen LogP contribution is -2.38. The van der Waals surface area contributed by atoms with Crippen LogP contribution in [-0.2, 0) is 6.54 Å². The molecule has 1 nitrogen and oxygen atoms in total. The maximum Gasteiger partial charge on any atom is 0.0211 e. The first-order valence-corrected chi connectivity index (χ1v) is 5.68. The van der Waals surface area contributed by atoms with Crippen LogP contribution in [0.1, 0.15) is 43.7 Å². The minimum atomic E-state index is 0.676. The van der Waals surface area contributed by atoms with E-state index in [-0.39, 0.29) is 0 Å². The molecule has 1 aromatic rings. The molecule has 1 aliphatic heterocycles. The molecule has 2 rings (SSSR count). The molecule has 2 atom stereocenters. The van der Waals surface area contributed by atoms with Crippen molar-refractivity contribution in [3.8, 4) is 0 Å². The summed E-state index contributed by atoms with van der Waals surface area (Å²) in [4.78, 5) is 0. The van der Waals surface area contributed by atoms with Gasteiger partial charge in [0.05, 0.1) is 0 Å². The average Bonchev–Trinajstić information content (AvgIpc) is 2.27. The Morgan fingerprint density at radius 1 is 1.21 bits per heavy atom. The lowest BCUT2D eigenvalue weighted by Gasteiger charge is -2.33. The quantitative estimate of drug-likeness (QED) is 0.754. The minimum Gasteiger partial charge on any atom is -0.309 e. The molecule has 0 bridgehead atoms. The highest BCUT2D eigenvalue weighted by Crippen LogP contribution is 2.31. The summed E-state index contributed by atoms with van der Waals surface area (Å²) in [5.74, 6) is 0.713. The Labute approximate surface area is 86.5 Å². The van der Waals surface area contributed by atoms with Gasteiger partial charge in [0.25, 0.3) is 0 Å². The van der Waals surface area contributed by atoms with E-state index >= 15 is 0 Å². The predicted octanol–water partition coefficient (Wildman–Crippen LogP) is 3.06. The van der Waals surface area contributed by atoms with Crippen molar-refractivity contribution in [2.45, 2.75) is 45.2 Å². The van der Waals surface area contributed by atoms with Crippen LogP contribution in [0.3, 0.4) is 0 Å². The molecular weight excluding hydrogens is 170 g/mol. The molecule has 0 saturated carbocycles. The second-order valence-corrected chi connectivity index (χ2v) is 4.11. The maximum absolute atomic E-state index is 3.63. The summed E-state index contributed by atoms with van der Waals surface area (Å²) < 4.78 is 0.